The molecular weight excluding hydrogens is 510 g/mol. The van der Waals surface area contributed by atoms with E-state index in [1.165, 1.54) is 0 Å². The largest absolute Gasteiger partial charge is 0.497 e. The van der Waals surface area contributed by atoms with Crippen LogP contribution in [0.2, 0.25) is 0 Å². The first kappa shape index (κ1) is 25.2. The number of rotatable bonds is 7. The molecule has 0 aliphatic carbocycles. The van der Waals surface area contributed by atoms with Crippen LogP contribution in [0.4, 0.5) is 10.1 Å². The summed E-state index contributed by atoms with van der Waals surface area (Å²) in [5.74, 6) is 1.25. The van der Waals surface area contributed by atoms with Crippen LogP contribution >= 0.6 is 24.0 Å². The zero-order chi connectivity index (χ0) is 21.3. The summed E-state index contributed by atoms with van der Waals surface area (Å²) in [4.78, 5) is 6.61. The molecule has 170 valence electrons. The molecule has 0 amide bonds. The van der Waals surface area contributed by atoms with Gasteiger partial charge in [-0.3, -0.25) is 0 Å². The monoisotopic (exact) mass is 542 g/mol. The van der Waals surface area contributed by atoms with Gasteiger partial charge >= 0.3 is 0 Å². The molecule has 1 heterocycles. The van der Waals surface area contributed by atoms with Gasteiger partial charge in [-0.2, -0.15) is 0 Å². The zero-order valence-corrected chi connectivity index (χ0v) is 20.4. The lowest BCUT2D eigenvalue weighted by atomic mass is 10.1. The summed E-state index contributed by atoms with van der Waals surface area (Å²) in [5.41, 5.74) is 2.50. The number of nitrogens with one attached hydrogen (secondary N) is 2. The maximum atomic E-state index is 14.7. The lowest BCUT2D eigenvalue weighted by molar-refractivity contribution is 0.145. The molecule has 0 saturated carbocycles. The maximum Gasteiger partial charge on any atom is 0.191 e. The molecular formula is C23H32FIN4O2. The summed E-state index contributed by atoms with van der Waals surface area (Å²) < 4.78 is 19.9. The van der Waals surface area contributed by atoms with E-state index in [1.54, 1.807) is 13.2 Å². The Bertz CT molecular complexity index is 857. The third-order valence-electron chi connectivity index (χ3n) is 5.18. The van der Waals surface area contributed by atoms with Crippen molar-refractivity contribution in [2.75, 3.05) is 31.6 Å². The fourth-order valence-electron chi connectivity index (χ4n) is 3.49. The number of benzene rings is 2. The predicted octanol–water partition coefficient (Wildman–Crippen LogP) is 3.67. The third-order valence-corrected chi connectivity index (χ3v) is 5.18. The fourth-order valence-corrected chi connectivity index (χ4v) is 3.49. The maximum absolute atomic E-state index is 14.7. The summed E-state index contributed by atoms with van der Waals surface area (Å²) >= 11 is 0. The lowest BCUT2D eigenvalue weighted by Crippen LogP contribution is -2.37. The summed E-state index contributed by atoms with van der Waals surface area (Å²) in [6.07, 6.45) is 1.09. The molecule has 0 bridgehead atoms. The Kier molecular flexibility index (Phi) is 10.3. The Balaban J connectivity index is 0.00000341. The molecule has 0 atom stereocenters. The van der Waals surface area contributed by atoms with Gasteiger partial charge in [-0.15, -0.1) is 24.0 Å². The van der Waals surface area contributed by atoms with Gasteiger partial charge in [0.05, 0.1) is 25.4 Å². The number of ether oxygens (including phenoxy) is 1. The number of aliphatic imine (C=N–C) groups is 1. The van der Waals surface area contributed by atoms with Crippen LogP contribution in [0.3, 0.4) is 0 Å². The normalized spacial score (nSPS) is 14.7. The fraction of sp³-hybridized carbons (Fsp3) is 0.435. The Labute approximate surface area is 200 Å². The van der Waals surface area contributed by atoms with E-state index in [1.807, 2.05) is 48.2 Å². The number of anilines is 1. The molecule has 0 spiro atoms. The zero-order valence-electron chi connectivity index (χ0n) is 18.1. The van der Waals surface area contributed by atoms with Crippen LogP contribution in [0.1, 0.15) is 30.9 Å². The molecule has 0 unspecified atom stereocenters. The number of hydrogen-bond acceptors (Lipinski definition) is 4. The first-order valence-electron chi connectivity index (χ1n) is 10.5. The molecule has 1 fully saturated rings. The molecule has 8 heteroatoms. The van der Waals surface area contributed by atoms with Crippen molar-refractivity contribution in [3.05, 3.63) is 59.4 Å². The minimum absolute atomic E-state index is 0. The van der Waals surface area contributed by atoms with Crippen molar-refractivity contribution >= 4 is 35.6 Å². The third kappa shape index (κ3) is 7.53. The number of halogens is 2. The van der Waals surface area contributed by atoms with Crippen molar-refractivity contribution in [3.63, 3.8) is 0 Å². The van der Waals surface area contributed by atoms with Crippen molar-refractivity contribution in [2.24, 2.45) is 4.99 Å². The van der Waals surface area contributed by atoms with Crippen molar-refractivity contribution in [3.8, 4) is 5.75 Å². The number of aliphatic hydroxyl groups is 1. The lowest BCUT2D eigenvalue weighted by Gasteiger charge is -2.31. The molecule has 3 N–H and O–H groups in total. The van der Waals surface area contributed by atoms with E-state index >= 15 is 0 Å². The molecule has 1 aliphatic heterocycles. The summed E-state index contributed by atoms with van der Waals surface area (Å²) in [6.45, 7) is 5.08. The highest BCUT2D eigenvalue weighted by molar-refractivity contribution is 14.0. The summed E-state index contributed by atoms with van der Waals surface area (Å²) in [5, 5.41) is 16.1. The van der Waals surface area contributed by atoms with Crippen LogP contribution in [-0.4, -0.2) is 43.9 Å². The predicted molar refractivity (Wildman–Crippen MR) is 134 cm³/mol. The van der Waals surface area contributed by atoms with Gasteiger partial charge in [-0.05, 0) is 55.2 Å². The van der Waals surface area contributed by atoms with Gasteiger partial charge in [0.1, 0.15) is 11.6 Å². The minimum Gasteiger partial charge on any atom is -0.497 e. The minimum atomic E-state index is -0.270. The number of guanidine groups is 1. The topological polar surface area (TPSA) is 69.1 Å². The van der Waals surface area contributed by atoms with E-state index < -0.39 is 0 Å². The van der Waals surface area contributed by atoms with Gasteiger partial charge in [0.2, 0.25) is 0 Å². The number of aliphatic hydroxyl groups excluding tert-OH is 1. The quantitative estimate of drug-likeness (QED) is 0.283. The van der Waals surface area contributed by atoms with E-state index in [0.717, 1.165) is 23.4 Å². The van der Waals surface area contributed by atoms with Gasteiger partial charge < -0.3 is 25.4 Å². The van der Waals surface area contributed by atoms with Crippen molar-refractivity contribution < 1.29 is 14.2 Å². The highest BCUT2D eigenvalue weighted by Gasteiger charge is 2.19. The molecule has 2 aromatic carbocycles. The van der Waals surface area contributed by atoms with Crippen molar-refractivity contribution in [2.45, 2.75) is 39.0 Å². The van der Waals surface area contributed by atoms with Gasteiger partial charge in [-0.25, -0.2) is 9.38 Å². The first-order chi connectivity index (χ1) is 14.6. The van der Waals surface area contributed by atoms with Crippen LogP contribution in [0.15, 0.2) is 47.5 Å². The van der Waals surface area contributed by atoms with Crippen LogP contribution in [-0.2, 0) is 13.1 Å². The van der Waals surface area contributed by atoms with Crippen LogP contribution in [0, 0.1) is 5.82 Å². The number of piperidine rings is 1. The standard InChI is InChI=1S/C23H31FN4O2.HI/c1-3-25-23(26-15-17-5-4-6-20(13-17)30-2)27-16-18-7-8-22(21(24)14-18)28-11-9-19(29)10-12-28;/h4-8,13-14,19,29H,3,9-12,15-16H2,1-2H3,(H2,25,26,27);1H. The second kappa shape index (κ2) is 12.7. The van der Waals surface area contributed by atoms with Gasteiger partial charge in [0.15, 0.2) is 5.96 Å². The van der Waals surface area contributed by atoms with E-state index in [0.29, 0.717) is 50.7 Å². The summed E-state index contributed by atoms with van der Waals surface area (Å²) in [6, 6.07) is 13.1. The second-order valence-electron chi connectivity index (χ2n) is 7.40. The van der Waals surface area contributed by atoms with Crippen LogP contribution in [0.5, 0.6) is 5.75 Å². The summed E-state index contributed by atoms with van der Waals surface area (Å²) in [7, 11) is 1.65. The van der Waals surface area contributed by atoms with E-state index in [2.05, 4.69) is 15.6 Å². The van der Waals surface area contributed by atoms with Gasteiger partial charge in [-0.1, -0.05) is 18.2 Å². The smallest absolute Gasteiger partial charge is 0.191 e. The van der Waals surface area contributed by atoms with Gasteiger partial charge in [0, 0.05) is 26.2 Å². The van der Waals surface area contributed by atoms with Crippen molar-refractivity contribution in [1.29, 1.82) is 0 Å². The molecule has 0 radical (unpaired) electrons. The molecule has 6 nitrogen and oxygen atoms in total. The van der Waals surface area contributed by atoms with Crippen LogP contribution < -0.4 is 20.3 Å². The number of nitrogens with zero attached hydrogens (tertiary/aromatic N) is 2. The molecule has 31 heavy (non-hydrogen) atoms. The Morgan fingerprint density at radius 1 is 1.16 bits per heavy atom. The number of hydrogen-bond donors (Lipinski definition) is 3. The Morgan fingerprint density at radius 3 is 2.61 bits per heavy atom. The first-order valence-corrected chi connectivity index (χ1v) is 10.5. The van der Waals surface area contributed by atoms with Crippen molar-refractivity contribution in [1.82, 2.24) is 10.6 Å². The highest BCUT2D eigenvalue weighted by atomic mass is 127. The highest BCUT2D eigenvalue weighted by Crippen LogP contribution is 2.24. The van der Waals surface area contributed by atoms with E-state index in [4.69, 9.17) is 4.74 Å². The van der Waals surface area contributed by atoms with Crippen LogP contribution in [0.25, 0.3) is 0 Å². The molecule has 0 aromatic heterocycles. The SMILES string of the molecule is CCNC(=NCc1cccc(OC)c1)NCc1ccc(N2CCC(O)CC2)c(F)c1.I. The Morgan fingerprint density at radius 2 is 1.94 bits per heavy atom. The molecule has 3 rings (SSSR count). The number of methoxy groups -OCH3 is 1. The van der Waals surface area contributed by atoms with E-state index in [9.17, 15) is 9.50 Å². The van der Waals surface area contributed by atoms with Gasteiger partial charge in [0.25, 0.3) is 0 Å². The average Bonchev–Trinajstić information content (AvgIpc) is 2.76. The van der Waals surface area contributed by atoms with E-state index in [-0.39, 0.29) is 35.9 Å². The second-order valence-corrected chi connectivity index (χ2v) is 7.40. The molecule has 1 saturated heterocycles. The Hall–Kier alpha value is -2.07. The molecule has 1 aliphatic rings. The average molecular weight is 542 g/mol. The molecule has 2 aromatic rings.